The van der Waals surface area contributed by atoms with Crippen molar-refractivity contribution in [2.75, 3.05) is 0 Å². The molecule has 0 aliphatic heterocycles. The molecule has 0 aromatic carbocycles. The Kier molecular flexibility index (Phi) is 3.36. The van der Waals surface area contributed by atoms with E-state index < -0.39 is 0 Å². The molecule has 0 bridgehead atoms. The SMILES string of the molecule is Cc1ccc(SC2CCCC(=O)C2)nn1. The summed E-state index contributed by atoms with van der Waals surface area (Å²) in [5, 5.41) is 9.44. The third-order valence-electron chi connectivity index (χ3n) is 2.50. The van der Waals surface area contributed by atoms with Crippen LogP contribution in [-0.2, 0) is 4.79 Å². The van der Waals surface area contributed by atoms with E-state index in [2.05, 4.69) is 10.2 Å². The van der Waals surface area contributed by atoms with E-state index in [9.17, 15) is 4.79 Å². The van der Waals surface area contributed by atoms with Gasteiger partial charge in [0, 0.05) is 18.1 Å². The van der Waals surface area contributed by atoms with Crippen molar-refractivity contribution in [3.8, 4) is 0 Å². The van der Waals surface area contributed by atoms with E-state index in [-0.39, 0.29) is 0 Å². The first-order valence-corrected chi connectivity index (χ1v) is 6.11. The normalized spacial score (nSPS) is 21.7. The highest BCUT2D eigenvalue weighted by Gasteiger charge is 2.20. The molecular formula is C11H14N2OS. The zero-order valence-corrected chi connectivity index (χ0v) is 9.59. The van der Waals surface area contributed by atoms with Gasteiger partial charge in [-0.3, -0.25) is 4.79 Å². The lowest BCUT2D eigenvalue weighted by Gasteiger charge is -2.19. The Morgan fingerprint density at radius 2 is 2.27 bits per heavy atom. The van der Waals surface area contributed by atoms with Gasteiger partial charge in [0.25, 0.3) is 0 Å². The van der Waals surface area contributed by atoms with E-state index in [1.165, 1.54) is 0 Å². The van der Waals surface area contributed by atoms with Crippen LogP contribution in [0.3, 0.4) is 0 Å². The van der Waals surface area contributed by atoms with E-state index in [1.54, 1.807) is 11.8 Å². The van der Waals surface area contributed by atoms with E-state index in [0.29, 0.717) is 17.5 Å². The molecule has 4 heteroatoms. The Morgan fingerprint density at radius 3 is 2.93 bits per heavy atom. The summed E-state index contributed by atoms with van der Waals surface area (Å²) in [5.41, 5.74) is 0.930. The molecule has 1 aliphatic carbocycles. The Bertz CT molecular complexity index is 350. The summed E-state index contributed by atoms with van der Waals surface area (Å²) in [6, 6.07) is 3.94. The number of rotatable bonds is 2. The van der Waals surface area contributed by atoms with Gasteiger partial charge in [0.15, 0.2) is 0 Å². The molecule has 0 amide bonds. The standard InChI is InChI=1S/C11H14N2OS/c1-8-5-6-11(13-12-8)15-10-4-2-3-9(14)7-10/h5-6,10H,2-4,7H2,1H3. The van der Waals surface area contributed by atoms with Crippen molar-refractivity contribution < 1.29 is 4.79 Å². The average Bonchev–Trinajstić information content (AvgIpc) is 2.22. The molecule has 1 heterocycles. The number of hydrogen-bond donors (Lipinski definition) is 0. The molecule has 80 valence electrons. The van der Waals surface area contributed by atoms with Gasteiger partial charge in [-0.15, -0.1) is 16.9 Å². The topological polar surface area (TPSA) is 42.9 Å². The van der Waals surface area contributed by atoms with E-state index in [1.807, 2.05) is 19.1 Å². The first kappa shape index (κ1) is 10.6. The Hall–Kier alpha value is -0.900. The molecule has 3 nitrogen and oxygen atoms in total. The molecule has 1 aliphatic rings. The second-order valence-corrected chi connectivity index (χ2v) is 5.21. The van der Waals surface area contributed by atoms with Crippen molar-refractivity contribution >= 4 is 17.5 Å². The maximum absolute atomic E-state index is 11.3. The molecule has 1 aromatic rings. The van der Waals surface area contributed by atoms with Crippen LogP contribution >= 0.6 is 11.8 Å². The van der Waals surface area contributed by atoms with Crippen LogP contribution in [0.15, 0.2) is 17.2 Å². The van der Waals surface area contributed by atoms with Crippen LogP contribution in [0.1, 0.15) is 31.4 Å². The highest BCUT2D eigenvalue weighted by Crippen LogP contribution is 2.30. The van der Waals surface area contributed by atoms with Gasteiger partial charge < -0.3 is 0 Å². The first-order valence-electron chi connectivity index (χ1n) is 5.23. The lowest BCUT2D eigenvalue weighted by atomic mass is 9.99. The van der Waals surface area contributed by atoms with Gasteiger partial charge in [-0.25, -0.2) is 0 Å². The Morgan fingerprint density at radius 1 is 1.40 bits per heavy atom. The summed E-state index contributed by atoms with van der Waals surface area (Å²) >= 11 is 1.68. The fourth-order valence-corrected chi connectivity index (χ4v) is 2.84. The van der Waals surface area contributed by atoms with Crippen molar-refractivity contribution in [2.24, 2.45) is 0 Å². The lowest BCUT2D eigenvalue weighted by molar-refractivity contribution is -0.120. The molecule has 0 spiro atoms. The molecule has 1 fully saturated rings. The fraction of sp³-hybridized carbons (Fsp3) is 0.545. The molecule has 1 saturated carbocycles. The minimum atomic E-state index is 0.388. The third kappa shape index (κ3) is 3.02. The van der Waals surface area contributed by atoms with Crippen molar-refractivity contribution in [1.82, 2.24) is 10.2 Å². The predicted molar refractivity (Wildman–Crippen MR) is 59.9 cm³/mol. The van der Waals surface area contributed by atoms with Crippen molar-refractivity contribution in [3.05, 3.63) is 17.8 Å². The van der Waals surface area contributed by atoms with Crippen LogP contribution in [0, 0.1) is 6.92 Å². The number of thioether (sulfide) groups is 1. The summed E-state index contributed by atoms with van der Waals surface area (Å²) in [6.45, 7) is 1.92. The van der Waals surface area contributed by atoms with Crippen LogP contribution in [0.25, 0.3) is 0 Å². The monoisotopic (exact) mass is 222 g/mol. The second-order valence-electron chi connectivity index (χ2n) is 3.89. The summed E-state index contributed by atoms with van der Waals surface area (Å²) in [5.74, 6) is 0.388. The summed E-state index contributed by atoms with van der Waals surface area (Å²) < 4.78 is 0. The maximum Gasteiger partial charge on any atom is 0.134 e. The quantitative estimate of drug-likeness (QED) is 0.770. The highest BCUT2D eigenvalue weighted by atomic mass is 32.2. The molecule has 1 atom stereocenters. The predicted octanol–water partition coefficient (Wildman–Crippen LogP) is 2.39. The van der Waals surface area contributed by atoms with Crippen LogP contribution < -0.4 is 0 Å². The Labute approximate surface area is 93.7 Å². The van der Waals surface area contributed by atoms with Crippen LogP contribution in [0.5, 0.6) is 0 Å². The fourth-order valence-electron chi connectivity index (χ4n) is 1.71. The minimum absolute atomic E-state index is 0.388. The van der Waals surface area contributed by atoms with Crippen molar-refractivity contribution in [3.63, 3.8) is 0 Å². The minimum Gasteiger partial charge on any atom is -0.300 e. The van der Waals surface area contributed by atoms with Crippen LogP contribution in [0.4, 0.5) is 0 Å². The number of aryl methyl sites for hydroxylation is 1. The van der Waals surface area contributed by atoms with E-state index >= 15 is 0 Å². The molecule has 1 aromatic heterocycles. The zero-order valence-electron chi connectivity index (χ0n) is 8.77. The van der Waals surface area contributed by atoms with Gasteiger partial charge >= 0.3 is 0 Å². The van der Waals surface area contributed by atoms with Crippen molar-refractivity contribution in [1.29, 1.82) is 0 Å². The van der Waals surface area contributed by atoms with E-state index in [4.69, 9.17) is 0 Å². The number of Topliss-reactive ketones (excluding diaryl/α,β-unsaturated/α-hetero) is 1. The van der Waals surface area contributed by atoms with Gasteiger partial charge in [-0.05, 0) is 31.9 Å². The molecule has 15 heavy (non-hydrogen) atoms. The Balaban J connectivity index is 1.96. The molecular weight excluding hydrogens is 208 g/mol. The number of carbonyl (C=O) groups is 1. The molecule has 0 radical (unpaired) electrons. The average molecular weight is 222 g/mol. The highest BCUT2D eigenvalue weighted by molar-refractivity contribution is 7.99. The van der Waals surface area contributed by atoms with Gasteiger partial charge in [0.2, 0.25) is 0 Å². The second kappa shape index (κ2) is 4.75. The number of ketones is 1. The van der Waals surface area contributed by atoms with Gasteiger partial charge in [-0.2, -0.15) is 5.10 Å². The first-order chi connectivity index (χ1) is 7.24. The zero-order chi connectivity index (χ0) is 10.7. The smallest absolute Gasteiger partial charge is 0.134 e. The largest absolute Gasteiger partial charge is 0.300 e. The van der Waals surface area contributed by atoms with Gasteiger partial charge in [-0.1, -0.05) is 0 Å². The molecule has 0 saturated heterocycles. The number of aromatic nitrogens is 2. The van der Waals surface area contributed by atoms with Crippen LogP contribution in [-0.4, -0.2) is 21.2 Å². The molecule has 2 rings (SSSR count). The van der Waals surface area contributed by atoms with Gasteiger partial charge in [0.1, 0.15) is 10.8 Å². The van der Waals surface area contributed by atoms with Crippen molar-refractivity contribution in [2.45, 2.75) is 42.9 Å². The maximum atomic E-state index is 11.3. The number of carbonyl (C=O) groups excluding carboxylic acids is 1. The summed E-state index contributed by atoms with van der Waals surface area (Å²) in [4.78, 5) is 11.3. The summed E-state index contributed by atoms with van der Waals surface area (Å²) in [7, 11) is 0. The van der Waals surface area contributed by atoms with Gasteiger partial charge in [0.05, 0.1) is 5.69 Å². The van der Waals surface area contributed by atoms with Crippen LogP contribution in [0.2, 0.25) is 0 Å². The van der Waals surface area contributed by atoms with E-state index in [0.717, 1.165) is 30.0 Å². The third-order valence-corrected chi connectivity index (χ3v) is 3.69. The lowest BCUT2D eigenvalue weighted by Crippen LogP contribution is -2.16. The number of nitrogens with zero attached hydrogens (tertiary/aromatic N) is 2. The summed E-state index contributed by atoms with van der Waals surface area (Å²) in [6.07, 6.45) is 3.60. The molecule has 0 N–H and O–H groups in total. The molecule has 1 unspecified atom stereocenters. The number of hydrogen-bond acceptors (Lipinski definition) is 4.